The molecule has 0 amide bonds. The number of hydrogen-bond acceptors (Lipinski definition) is 2. The smallest absolute Gasteiger partial charge is 0.320 e. The standard InChI is InChI=1S/C9H20N2O2.BrH/c1-11(2,3)7-5-4-6-8(10)9(12)13;/h8H,4-7,10H2,1-3H3;1H/p+1/t8-;/m0./s1. The van der Waals surface area contributed by atoms with Crippen LogP contribution in [0.3, 0.4) is 0 Å². The molecule has 1 atom stereocenters. The molecule has 4 nitrogen and oxygen atoms in total. The molecule has 0 aromatic heterocycles. The topological polar surface area (TPSA) is 63.3 Å². The van der Waals surface area contributed by atoms with E-state index in [4.69, 9.17) is 10.8 Å². The van der Waals surface area contributed by atoms with E-state index >= 15 is 0 Å². The Hall–Kier alpha value is -0.130. The van der Waals surface area contributed by atoms with E-state index in [1.807, 2.05) is 0 Å². The Morgan fingerprint density at radius 3 is 2.21 bits per heavy atom. The molecule has 3 N–H and O–H groups in total. The van der Waals surface area contributed by atoms with E-state index < -0.39 is 12.0 Å². The highest BCUT2D eigenvalue weighted by atomic mass is 79.9. The van der Waals surface area contributed by atoms with Crippen LogP contribution in [0, 0.1) is 0 Å². The van der Waals surface area contributed by atoms with E-state index in [0.717, 1.165) is 23.9 Å². The highest BCUT2D eigenvalue weighted by Gasteiger charge is 2.11. The number of unbranched alkanes of at least 4 members (excludes halogenated alkanes) is 1. The fraction of sp³-hybridized carbons (Fsp3) is 0.889. The summed E-state index contributed by atoms with van der Waals surface area (Å²) in [5.41, 5.74) is 5.36. The van der Waals surface area contributed by atoms with Gasteiger partial charge in [0, 0.05) is 0 Å². The lowest BCUT2D eigenvalue weighted by molar-refractivity contribution is -0.870. The second-order valence-corrected chi connectivity index (χ2v) is 4.45. The largest absolute Gasteiger partial charge is 0.480 e. The molecule has 0 saturated heterocycles. The van der Waals surface area contributed by atoms with Gasteiger partial charge in [0.15, 0.2) is 0 Å². The first-order valence-electron chi connectivity index (χ1n) is 4.62. The molecule has 0 radical (unpaired) electrons. The second-order valence-electron chi connectivity index (χ2n) is 4.45. The first-order valence-corrected chi connectivity index (χ1v) is 4.62. The van der Waals surface area contributed by atoms with Crippen molar-refractivity contribution in [2.45, 2.75) is 25.3 Å². The average Bonchev–Trinajstić information content (AvgIpc) is 1.95. The predicted molar refractivity (Wildman–Crippen MR) is 62.7 cm³/mol. The molecular formula is C9H22BrN2O2+. The predicted octanol–water partition coefficient (Wildman–Crippen LogP) is 0.853. The van der Waals surface area contributed by atoms with Gasteiger partial charge in [-0.25, -0.2) is 0 Å². The van der Waals surface area contributed by atoms with Crippen LogP contribution in [-0.4, -0.2) is 49.3 Å². The van der Waals surface area contributed by atoms with Gasteiger partial charge in [-0.3, -0.25) is 4.79 Å². The first kappa shape index (κ1) is 16.3. The van der Waals surface area contributed by atoms with Crippen molar-refractivity contribution in [2.24, 2.45) is 5.73 Å². The molecule has 0 spiro atoms. The van der Waals surface area contributed by atoms with E-state index in [1.54, 1.807) is 0 Å². The van der Waals surface area contributed by atoms with Crippen LogP contribution in [0.2, 0.25) is 0 Å². The number of rotatable bonds is 6. The van der Waals surface area contributed by atoms with Crippen molar-refractivity contribution in [1.82, 2.24) is 0 Å². The number of nitrogens with zero attached hydrogens (tertiary/aromatic N) is 1. The zero-order chi connectivity index (χ0) is 10.5. The quantitative estimate of drug-likeness (QED) is 0.555. The van der Waals surface area contributed by atoms with Gasteiger partial charge in [-0.05, 0) is 19.3 Å². The highest BCUT2D eigenvalue weighted by molar-refractivity contribution is 8.93. The van der Waals surface area contributed by atoms with Crippen molar-refractivity contribution in [3.8, 4) is 0 Å². The van der Waals surface area contributed by atoms with E-state index in [9.17, 15) is 4.79 Å². The van der Waals surface area contributed by atoms with Gasteiger partial charge in [0.2, 0.25) is 0 Å². The molecular weight excluding hydrogens is 248 g/mol. The molecule has 86 valence electrons. The normalized spacial score (nSPS) is 13.1. The maximum atomic E-state index is 10.4. The van der Waals surface area contributed by atoms with Crippen LogP contribution in [0.5, 0.6) is 0 Å². The number of hydrogen-bond donors (Lipinski definition) is 2. The lowest BCUT2D eigenvalue weighted by Gasteiger charge is -2.23. The zero-order valence-electron chi connectivity index (χ0n) is 9.19. The summed E-state index contributed by atoms with van der Waals surface area (Å²) in [5, 5.41) is 8.51. The van der Waals surface area contributed by atoms with Gasteiger partial charge in [-0.1, -0.05) is 0 Å². The van der Waals surface area contributed by atoms with Crippen LogP contribution in [0.1, 0.15) is 19.3 Å². The third-order valence-corrected chi connectivity index (χ3v) is 1.91. The van der Waals surface area contributed by atoms with Gasteiger partial charge in [0.05, 0.1) is 27.7 Å². The Kier molecular flexibility index (Phi) is 8.39. The molecule has 0 heterocycles. The number of nitrogens with two attached hydrogens (primary N) is 1. The van der Waals surface area contributed by atoms with Gasteiger partial charge in [-0.2, -0.15) is 0 Å². The SMILES string of the molecule is Br.C[N+](C)(C)CCCC[C@H](N)C(=O)O. The minimum absolute atomic E-state index is 0. The van der Waals surface area contributed by atoms with Crippen LogP contribution in [0.4, 0.5) is 0 Å². The van der Waals surface area contributed by atoms with Crippen molar-refractivity contribution in [1.29, 1.82) is 0 Å². The summed E-state index contributed by atoms with van der Waals surface area (Å²) in [5.74, 6) is -0.898. The lowest BCUT2D eigenvalue weighted by Crippen LogP contribution is -2.35. The van der Waals surface area contributed by atoms with Crippen LogP contribution in [0.25, 0.3) is 0 Å². The summed E-state index contributed by atoms with van der Waals surface area (Å²) in [6.45, 7) is 1.06. The molecule has 0 aliphatic heterocycles. The van der Waals surface area contributed by atoms with Gasteiger partial charge < -0.3 is 15.3 Å². The number of carboxylic acid groups (broad SMARTS) is 1. The van der Waals surface area contributed by atoms with E-state index in [0.29, 0.717) is 6.42 Å². The third kappa shape index (κ3) is 9.95. The zero-order valence-corrected chi connectivity index (χ0v) is 10.9. The van der Waals surface area contributed by atoms with E-state index in [1.165, 1.54) is 0 Å². The van der Waals surface area contributed by atoms with Gasteiger partial charge >= 0.3 is 5.97 Å². The minimum Gasteiger partial charge on any atom is -0.480 e. The summed E-state index contributed by atoms with van der Waals surface area (Å²) in [6, 6.07) is -0.688. The number of carbonyl (C=O) groups is 1. The molecule has 0 aromatic rings. The molecule has 0 aliphatic carbocycles. The highest BCUT2D eigenvalue weighted by Crippen LogP contribution is 2.02. The molecule has 0 fully saturated rings. The molecule has 0 unspecified atom stereocenters. The Bertz CT molecular complexity index is 169. The summed E-state index contributed by atoms with van der Waals surface area (Å²) in [4.78, 5) is 10.4. The van der Waals surface area contributed by atoms with Gasteiger partial charge in [-0.15, -0.1) is 17.0 Å². The van der Waals surface area contributed by atoms with Crippen LogP contribution < -0.4 is 5.73 Å². The fourth-order valence-electron chi connectivity index (χ4n) is 1.07. The molecule has 0 bridgehead atoms. The number of carboxylic acids is 1. The Labute approximate surface area is 96.4 Å². The molecule has 0 rings (SSSR count). The summed E-state index contributed by atoms with van der Waals surface area (Å²) in [6.07, 6.45) is 2.50. The molecule has 0 aliphatic rings. The average molecular weight is 270 g/mol. The van der Waals surface area contributed by atoms with Crippen molar-refractivity contribution < 1.29 is 14.4 Å². The lowest BCUT2D eigenvalue weighted by atomic mass is 10.1. The van der Waals surface area contributed by atoms with Gasteiger partial charge in [0.25, 0.3) is 0 Å². The van der Waals surface area contributed by atoms with Crippen LogP contribution in [-0.2, 0) is 4.79 Å². The van der Waals surface area contributed by atoms with Crippen molar-refractivity contribution in [2.75, 3.05) is 27.7 Å². The maximum absolute atomic E-state index is 10.4. The summed E-state index contributed by atoms with van der Waals surface area (Å²) in [7, 11) is 6.37. The molecule has 14 heavy (non-hydrogen) atoms. The van der Waals surface area contributed by atoms with Gasteiger partial charge in [0.1, 0.15) is 6.04 Å². The Morgan fingerprint density at radius 2 is 1.86 bits per heavy atom. The van der Waals surface area contributed by atoms with Crippen molar-refractivity contribution in [3.63, 3.8) is 0 Å². The number of halogens is 1. The monoisotopic (exact) mass is 269 g/mol. The number of aliphatic carboxylic acids is 1. The molecule has 0 saturated carbocycles. The van der Waals surface area contributed by atoms with E-state index in [2.05, 4.69) is 21.1 Å². The summed E-state index contributed by atoms with van der Waals surface area (Å²) >= 11 is 0. The first-order chi connectivity index (χ1) is 5.83. The minimum atomic E-state index is -0.898. The Morgan fingerprint density at radius 1 is 1.36 bits per heavy atom. The van der Waals surface area contributed by atoms with Crippen molar-refractivity contribution >= 4 is 23.0 Å². The Balaban J connectivity index is 0. The van der Waals surface area contributed by atoms with Crippen molar-refractivity contribution in [3.05, 3.63) is 0 Å². The van der Waals surface area contributed by atoms with Crippen LogP contribution in [0.15, 0.2) is 0 Å². The maximum Gasteiger partial charge on any atom is 0.320 e. The molecule has 5 heteroatoms. The third-order valence-electron chi connectivity index (χ3n) is 1.91. The molecule has 0 aromatic carbocycles. The second kappa shape index (κ2) is 7.20. The number of quaternary nitrogens is 1. The van der Waals surface area contributed by atoms with E-state index in [-0.39, 0.29) is 17.0 Å². The summed E-state index contributed by atoms with van der Waals surface area (Å²) < 4.78 is 0.919. The van der Waals surface area contributed by atoms with Crippen LogP contribution >= 0.6 is 17.0 Å². The fourth-order valence-corrected chi connectivity index (χ4v) is 1.07.